The Labute approximate surface area is 137 Å². The van der Waals surface area contributed by atoms with Crippen LogP contribution in [0.3, 0.4) is 0 Å². The number of halogens is 1. The van der Waals surface area contributed by atoms with Gasteiger partial charge >= 0.3 is 0 Å². The van der Waals surface area contributed by atoms with Crippen LogP contribution in [-0.2, 0) is 0 Å². The Kier molecular flexibility index (Phi) is 3.97. The molecule has 0 aliphatic carbocycles. The van der Waals surface area contributed by atoms with Crippen molar-refractivity contribution in [3.05, 3.63) is 35.0 Å². The average Bonchev–Trinajstić information content (AvgIpc) is 2.92. The maximum Gasteiger partial charge on any atom is 0.255 e. The Morgan fingerprint density at radius 2 is 1.86 bits per heavy atom. The van der Waals surface area contributed by atoms with Crippen molar-refractivity contribution >= 4 is 35.0 Å². The fourth-order valence-corrected chi connectivity index (χ4v) is 2.80. The first kappa shape index (κ1) is 15.1. The zero-order chi connectivity index (χ0) is 15.9. The molecular formula is C15H16ClN5S. The summed E-state index contributed by atoms with van der Waals surface area (Å²) < 4.78 is 1.60. The molecule has 0 aliphatic heterocycles. The van der Waals surface area contributed by atoms with Crippen LogP contribution in [0, 0.1) is 0 Å². The van der Waals surface area contributed by atoms with Gasteiger partial charge in [0.25, 0.3) is 5.78 Å². The predicted molar refractivity (Wildman–Crippen MR) is 91.5 cm³/mol. The largest absolute Gasteiger partial charge is 0.383 e. The summed E-state index contributed by atoms with van der Waals surface area (Å²) in [6.45, 7) is 4.17. The summed E-state index contributed by atoms with van der Waals surface area (Å²) in [5.41, 5.74) is 9.14. The number of benzene rings is 1. The van der Waals surface area contributed by atoms with Crippen LogP contribution in [0.4, 0.5) is 5.82 Å². The first-order valence-electron chi connectivity index (χ1n) is 6.87. The van der Waals surface area contributed by atoms with E-state index in [0.29, 0.717) is 21.8 Å². The number of aromatic nitrogens is 4. The monoisotopic (exact) mass is 333 g/mol. The Hall–Kier alpha value is -1.79. The molecule has 0 fully saturated rings. The molecular weight excluding hydrogens is 318 g/mol. The summed E-state index contributed by atoms with van der Waals surface area (Å²) in [5, 5.41) is 5.73. The Bertz CT molecular complexity index is 826. The maximum absolute atomic E-state index is 6.37. The highest BCUT2D eigenvalue weighted by molar-refractivity contribution is 7.98. The van der Waals surface area contributed by atoms with Crippen LogP contribution in [0.2, 0.25) is 5.02 Å². The fraction of sp³-hybridized carbons (Fsp3) is 0.267. The number of fused-ring (bicyclic) bond motifs is 1. The number of nitrogens with zero attached hydrogens (tertiary/aromatic N) is 4. The number of hydrogen-bond acceptors (Lipinski definition) is 5. The van der Waals surface area contributed by atoms with Gasteiger partial charge in [0.1, 0.15) is 5.82 Å². The minimum atomic E-state index is 0.215. The van der Waals surface area contributed by atoms with Gasteiger partial charge in [-0.15, -0.1) is 5.10 Å². The normalized spacial score (nSPS) is 11.5. The molecule has 22 heavy (non-hydrogen) atoms. The van der Waals surface area contributed by atoms with Crippen molar-refractivity contribution in [3.8, 4) is 11.1 Å². The second-order valence-corrected chi connectivity index (χ2v) is 6.44. The van der Waals surface area contributed by atoms with E-state index in [0.717, 1.165) is 16.8 Å². The van der Waals surface area contributed by atoms with Gasteiger partial charge in [0, 0.05) is 10.6 Å². The molecule has 2 aromatic heterocycles. The van der Waals surface area contributed by atoms with Crippen LogP contribution in [0.5, 0.6) is 0 Å². The smallest absolute Gasteiger partial charge is 0.255 e. The van der Waals surface area contributed by atoms with Gasteiger partial charge in [-0.05, 0) is 29.9 Å². The first-order valence-corrected chi connectivity index (χ1v) is 8.47. The molecule has 0 unspecified atom stereocenters. The van der Waals surface area contributed by atoms with E-state index in [4.69, 9.17) is 17.3 Å². The highest BCUT2D eigenvalue weighted by Crippen LogP contribution is 2.34. The summed E-state index contributed by atoms with van der Waals surface area (Å²) >= 11 is 7.45. The lowest BCUT2D eigenvalue weighted by Gasteiger charge is -2.15. The number of rotatable bonds is 3. The zero-order valence-corrected chi connectivity index (χ0v) is 14.1. The van der Waals surface area contributed by atoms with Crippen molar-refractivity contribution in [1.82, 2.24) is 19.6 Å². The lowest BCUT2D eigenvalue weighted by Crippen LogP contribution is -2.08. The van der Waals surface area contributed by atoms with E-state index in [-0.39, 0.29) is 5.92 Å². The van der Waals surface area contributed by atoms with E-state index in [2.05, 4.69) is 28.9 Å². The van der Waals surface area contributed by atoms with Crippen molar-refractivity contribution in [2.45, 2.75) is 24.9 Å². The molecule has 3 rings (SSSR count). The van der Waals surface area contributed by atoms with E-state index in [1.54, 1.807) is 4.52 Å². The Morgan fingerprint density at radius 3 is 2.45 bits per heavy atom. The topological polar surface area (TPSA) is 69.1 Å². The minimum absolute atomic E-state index is 0.215. The van der Waals surface area contributed by atoms with Crippen molar-refractivity contribution in [2.24, 2.45) is 0 Å². The summed E-state index contributed by atoms with van der Waals surface area (Å²) in [6.07, 6.45) is 1.93. The lowest BCUT2D eigenvalue weighted by atomic mass is 9.98. The highest BCUT2D eigenvalue weighted by atomic mass is 35.5. The van der Waals surface area contributed by atoms with E-state index in [9.17, 15) is 0 Å². The third-order valence-electron chi connectivity index (χ3n) is 3.39. The van der Waals surface area contributed by atoms with E-state index < -0.39 is 0 Å². The molecule has 114 valence electrons. The number of thioether (sulfide) groups is 1. The third kappa shape index (κ3) is 2.53. The Morgan fingerprint density at radius 1 is 1.18 bits per heavy atom. The number of hydrogen-bond donors (Lipinski definition) is 1. The van der Waals surface area contributed by atoms with Gasteiger partial charge in [0.15, 0.2) is 0 Å². The summed E-state index contributed by atoms with van der Waals surface area (Å²) in [7, 11) is 0. The number of nitrogens with two attached hydrogens (primary N) is 1. The molecule has 2 heterocycles. The van der Waals surface area contributed by atoms with Gasteiger partial charge in [-0.2, -0.15) is 9.50 Å². The van der Waals surface area contributed by atoms with Gasteiger partial charge < -0.3 is 5.73 Å². The van der Waals surface area contributed by atoms with E-state index in [1.165, 1.54) is 11.8 Å². The predicted octanol–water partition coefficient (Wildman–Crippen LogP) is 3.87. The Balaban J connectivity index is 2.32. The molecule has 0 amide bonds. The van der Waals surface area contributed by atoms with Crippen LogP contribution in [0.25, 0.3) is 16.9 Å². The van der Waals surface area contributed by atoms with Crippen LogP contribution in [0.15, 0.2) is 29.4 Å². The molecule has 0 bridgehead atoms. The van der Waals surface area contributed by atoms with Crippen LogP contribution >= 0.6 is 23.4 Å². The molecule has 0 atom stereocenters. The van der Waals surface area contributed by atoms with Gasteiger partial charge in [0.2, 0.25) is 5.16 Å². The van der Waals surface area contributed by atoms with Crippen LogP contribution in [-0.4, -0.2) is 25.8 Å². The van der Waals surface area contributed by atoms with E-state index >= 15 is 0 Å². The SMILES string of the molecule is CSc1nc2nc(C(C)C)c(-c3ccc(Cl)cc3)c(N)n2n1. The number of nitrogen functional groups attached to an aromatic ring is 1. The zero-order valence-electron chi connectivity index (χ0n) is 12.5. The van der Waals surface area contributed by atoms with Crippen LogP contribution < -0.4 is 5.73 Å². The van der Waals surface area contributed by atoms with Crippen molar-refractivity contribution in [2.75, 3.05) is 12.0 Å². The molecule has 1 aromatic carbocycles. The van der Waals surface area contributed by atoms with Gasteiger partial charge in [-0.1, -0.05) is 49.3 Å². The first-order chi connectivity index (χ1) is 10.5. The molecule has 2 N–H and O–H groups in total. The summed E-state index contributed by atoms with van der Waals surface area (Å²) in [4.78, 5) is 9.05. The molecule has 0 aliphatic rings. The number of anilines is 1. The van der Waals surface area contributed by atoms with Gasteiger partial charge in [-0.25, -0.2) is 4.98 Å². The summed E-state index contributed by atoms with van der Waals surface area (Å²) in [6, 6.07) is 7.58. The molecule has 0 saturated heterocycles. The highest BCUT2D eigenvalue weighted by Gasteiger charge is 2.19. The molecule has 0 saturated carbocycles. The maximum atomic E-state index is 6.37. The van der Waals surface area contributed by atoms with Gasteiger partial charge in [-0.3, -0.25) is 0 Å². The fourth-order valence-electron chi connectivity index (χ4n) is 2.34. The van der Waals surface area contributed by atoms with Crippen molar-refractivity contribution < 1.29 is 0 Å². The van der Waals surface area contributed by atoms with Crippen LogP contribution in [0.1, 0.15) is 25.5 Å². The van der Waals surface area contributed by atoms with Crippen molar-refractivity contribution in [3.63, 3.8) is 0 Å². The molecule has 0 radical (unpaired) electrons. The molecule has 3 aromatic rings. The van der Waals surface area contributed by atoms with Crippen molar-refractivity contribution in [1.29, 1.82) is 0 Å². The van der Waals surface area contributed by atoms with Gasteiger partial charge in [0.05, 0.1) is 5.69 Å². The summed E-state index contributed by atoms with van der Waals surface area (Å²) in [5.74, 6) is 1.29. The molecule has 7 heteroatoms. The average molecular weight is 334 g/mol. The standard InChI is InChI=1S/C15H16ClN5S/c1-8(2)12-11(9-4-6-10(16)7-5-9)13(17)21-14(18-12)19-15(20-21)22-3/h4-8H,17H2,1-3H3. The van der Waals surface area contributed by atoms with E-state index in [1.807, 2.05) is 30.5 Å². The minimum Gasteiger partial charge on any atom is -0.383 e. The molecule has 5 nitrogen and oxygen atoms in total. The molecule has 0 spiro atoms. The second-order valence-electron chi connectivity index (χ2n) is 5.23. The quantitative estimate of drug-likeness (QED) is 0.737. The third-order valence-corrected chi connectivity index (χ3v) is 4.18. The second kappa shape index (κ2) is 5.78. The lowest BCUT2D eigenvalue weighted by molar-refractivity contribution is 0.811.